The second-order valence-electron chi connectivity index (χ2n) is 9.54. The second kappa shape index (κ2) is 14.9. The second-order valence-corrected chi connectivity index (χ2v) is 9.54. The molecule has 1 saturated carbocycles. The Morgan fingerprint density at radius 1 is 0.839 bits per heavy atom. The highest BCUT2D eigenvalue weighted by Crippen LogP contribution is 2.42. The number of esters is 2. The zero-order valence-corrected chi connectivity index (χ0v) is 20.2. The van der Waals surface area contributed by atoms with Crippen molar-refractivity contribution in [3.63, 3.8) is 0 Å². The van der Waals surface area contributed by atoms with Crippen LogP contribution < -0.4 is 0 Å². The van der Waals surface area contributed by atoms with E-state index in [1.807, 2.05) is 0 Å². The molecule has 4 unspecified atom stereocenters. The summed E-state index contributed by atoms with van der Waals surface area (Å²) >= 11 is 0. The first-order valence-corrected chi connectivity index (χ1v) is 13.1. The van der Waals surface area contributed by atoms with Gasteiger partial charge in [0, 0.05) is 0 Å². The molecule has 31 heavy (non-hydrogen) atoms. The summed E-state index contributed by atoms with van der Waals surface area (Å²) in [6.07, 6.45) is 17.5. The number of carbonyl (C=O) groups excluding carboxylic acids is 2. The largest absolute Gasteiger partial charge is 0.465 e. The van der Waals surface area contributed by atoms with E-state index >= 15 is 0 Å². The molecule has 0 aromatic heterocycles. The fraction of sp³-hybridized carbons (Fsp3) is 0.923. The molecule has 0 aromatic rings. The van der Waals surface area contributed by atoms with Crippen molar-refractivity contribution in [3.05, 3.63) is 0 Å². The quantitative estimate of drug-likeness (QED) is 0.117. The van der Waals surface area contributed by atoms with E-state index in [1.165, 1.54) is 70.6 Å². The molecular weight excluding hydrogens is 392 g/mol. The lowest BCUT2D eigenvalue weighted by atomic mass is 9.80. The summed E-state index contributed by atoms with van der Waals surface area (Å²) in [6.45, 7) is 6.40. The van der Waals surface area contributed by atoms with E-state index in [0.717, 1.165) is 18.8 Å². The van der Waals surface area contributed by atoms with Gasteiger partial charge in [0.05, 0.1) is 25.4 Å². The van der Waals surface area contributed by atoms with Crippen molar-refractivity contribution in [1.29, 1.82) is 0 Å². The highest BCUT2D eigenvalue weighted by molar-refractivity contribution is 5.94. The molecule has 5 heteroatoms. The van der Waals surface area contributed by atoms with Crippen molar-refractivity contribution in [2.75, 3.05) is 13.2 Å². The van der Waals surface area contributed by atoms with Crippen LogP contribution in [0.5, 0.6) is 0 Å². The molecule has 1 aliphatic heterocycles. The molecule has 0 aromatic carbocycles. The number of ether oxygens (including phenoxy) is 3. The van der Waals surface area contributed by atoms with E-state index in [4.69, 9.17) is 14.2 Å². The number of epoxide rings is 1. The Morgan fingerprint density at radius 2 is 1.48 bits per heavy atom. The Labute approximate surface area is 190 Å². The first-order chi connectivity index (χ1) is 15.1. The Bertz CT molecular complexity index is 502. The van der Waals surface area contributed by atoms with Crippen molar-refractivity contribution in [3.8, 4) is 0 Å². The van der Waals surface area contributed by atoms with Gasteiger partial charge < -0.3 is 14.2 Å². The monoisotopic (exact) mass is 438 g/mol. The van der Waals surface area contributed by atoms with Crippen LogP contribution in [0.3, 0.4) is 0 Å². The SMILES string of the molecule is CCCCCCCCCC(CCC1CCC2OC2C1)CC(C(=O)OCC)C(=O)OCC. The number of hydrogen-bond donors (Lipinski definition) is 0. The van der Waals surface area contributed by atoms with E-state index in [9.17, 15) is 9.59 Å². The first kappa shape index (κ1) is 26.2. The molecule has 1 heterocycles. The van der Waals surface area contributed by atoms with E-state index in [1.54, 1.807) is 13.8 Å². The topological polar surface area (TPSA) is 65.1 Å². The molecule has 4 atom stereocenters. The molecule has 0 spiro atoms. The summed E-state index contributed by atoms with van der Waals surface area (Å²) in [5, 5.41) is 0. The van der Waals surface area contributed by atoms with E-state index in [2.05, 4.69) is 6.92 Å². The van der Waals surface area contributed by atoms with Crippen LogP contribution in [0, 0.1) is 17.8 Å². The predicted molar refractivity (Wildman–Crippen MR) is 123 cm³/mol. The third-order valence-electron chi connectivity index (χ3n) is 7.02. The van der Waals surface area contributed by atoms with Gasteiger partial charge in [0.15, 0.2) is 5.92 Å². The summed E-state index contributed by atoms with van der Waals surface area (Å²) in [7, 11) is 0. The lowest BCUT2D eigenvalue weighted by Gasteiger charge is -2.25. The standard InChI is InChI=1S/C26H46O5/c1-4-7-8-9-10-11-12-13-20(14-15-21-16-17-23-24(19-21)31-23)18-22(25(27)29-5-2)26(28)30-6-3/h20-24H,4-19H2,1-3H3. The highest BCUT2D eigenvalue weighted by Gasteiger charge is 2.43. The molecule has 2 aliphatic rings. The van der Waals surface area contributed by atoms with Crippen molar-refractivity contribution < 1.29 is 23.8 Å². The molecule has 5 nitrogen and oxygen atoms in total. The van der Waals surface area contributed by atoms with Crippen LogP contribution in [0.25, 0.3) is 0 Å². The van der Waals surface area contributed by atoms with Crippen molar-refractivity contribution in [1.82, 2.24) is 0 Å². The van der Waals surface area contributed by atoms with Crippen LogP contribution in [0.15, 0.2) is 0 Å². The summed E-state index contributed by atoms with van der Waals surface area (Å²) in [5.74, 6) is -0.525. The van der Waals surface area contributed by atoms with Crippen LogP contribution in [0.4, 0.5) is 0 Å². The Morgan fingerprint density at radius 3 is 2.10 bits per heavy atom. The summed E-state index contributed by atoms with van der Waals surface area (Å²) in [5.41, 5.74) is 0. The lowest BCUT2D eigenvalue weighted by Crippen LogP contribution is -2.30. The van der Waals surface area contributed by atoms with Crippen molar-refractivity contribution in [2.24, 2.45) is 17.8 Å². The average molecular weight is 439 g/mol. The Balaban J connectivity index is 1.86. The molecule has 0 N–H and O–H groups in total. The van der Waals surface area contributed by atoms with Gasteiger partial charge in [0.1, 0.15) is 0 Å². The van der Waals surface area contributed by atoms with Gasteiger partial charge >= 0.3 is 11.9 Å². The maximum atomic E-state index is 12.5. The average Bonchev–Trinajstić information content (AvgIpc) is 3.53. The molecular formula is C26H46O5. The van der Waals surface area contributed by atoms with E-state index in [-0.39, 0.29) is 0 Å². The molecule has 2 fully saturated rings. The molecule has 0 radical (unpaired) electrons. The van der Waals surface area contributed by atoms with Gasteiger partial charge in [0.25, 0.3) is 0 Å². The Kier molecular flexibility index (Phi) is 12.5. The van der Waals surface area contributed by atoms with Crippen LogP contribution in [-0.4, -0.2) is 37.4 Å². The fourth-order valence-electron chi connectivity index (χ4n) is 5.10. The Hall–Kier alpha value is -1.10. The maximum absolute atomic E-state index is 12.5. The molecule has 180 valence electrons. The van der Waals surface area contributed by atoms with Gasteiger partial charge in [-0.2, -0.15) is 0 Å². The summed E-state index contributed by atoms with van der Waals surface area (Å²) in [4.78, 5) is 25.0. The lowest BCUT2D eigenvalue weighted by molar-refractivity contribution is -0.162. The van der Waals surface area contributed by atoms with Gasteiger partial charge in [-0.25, -0.2) is 0 Å². The fourth-order valence-corrected chi connectivity index (χ4v) is 5.10. The van der Waals surface area contributed by atoms with E-state index < -0.39 is 17.9 Å². The van der Waals surface area contributed by atoms with Gasteiger partial charge in [-0.05, 0) is 51.4 Å². The van der Waals surface area contributed by atoms with Gasteiger partial charge in [0.2, 0.25) is 0 Å². The highest BCUT2D eigenvalue weighted by atomic mass is 16.6. The number of carbonyl (C=O) groups is 2. The van der Waals surface area contributed by atoms with E-state index in [0.29, 0.717) is 37.8 Å². The van der Waals surface area contributed by atoms with Gasteiger partial charge in [-0.3, -0.25) is 9.59 Å². The van der Waals surface area contributed by atoms with Gasteiger partial charge in [-0.1, -0.05) is 71.1 Å². The maximum Gasteiger partial charge on any atom is 0.320 e. The minimum absolute atomic E-state index is 0.293. The summed E-state index contributed by atoms with van der Waals surface area (Å²) < 4.78 is 16.1. The third kappa shape index (κ3) is 9.93. The normalized spacial score (nSPS) is 23.3. The van der Waals surface area contributed by atoms with Crippen LogP contribution in [0.1, 0.15) is 111 Å². The third-order valence-corrected chi connectivity index (χ3v) is 7.02. The minimum atomic E-state index is -0.781. The number of unbranched alkanes of at least 4 members (excludes halogenated alkanes) is 6. The van der Waals surface area contributed by atoms with Gasteiger partial charge in [-0.15, -0.1) is 0 Å². The molecule has 1 saturated heterocycles. The first-order valence-electron chi connectivity index (χ1n) is 13.1. The number of fused-ring (bicyclic) bond motifs is 1. The molecule has 2 rings (SSSR count). The minimum Gasteiger partial charge on any atom is -0.465 e. The smallest absolute Gasteiger partial charge is 0.320 e. The zero-order chi connectivity index (χ0) is 22.5. The number of rotatable bonds is 17. The number of hydrogen-bond acceptors (Lipinski definition) is 5. The molecule has 0 amide bonds. The van der Waals surface area contributed by atoms with Crippen LogP contribution in [-0.2, 0) is 23.8 Å². The molecule has 0 bridgehead atoms. The molecule has 1 aliphatic carbocycles. The summed E-state index contributed by atoms with van der Waals surface area (Å²) in [6, 6.07) is 0. The van der Waals surface area contributed by atoms with Crippen molar-refractivity contribution >= 4 is 11.9 Å². The van der Waals surface area contributed by atoms with Crippen LogP contribution >= 0.6 is 0 Å². The predicted octanol–water partition coefficient (Wildman–Crippen LogP) is 6.22. The van der Waals surface area contributed by atoms with Crippen LogP contribution in [0.2, 0.25) is 0 Å². The van der Waals surface area contributed by atoms with Crippen molar-refractivity contribution in [2.45, 2.75) is 123 Å². The zero-order valence-electron chi connectivity index (χ0n) is 20.2.